The van der Waals surface area contributed by atoms with Gasteiger partial charge in [-0.05, 0) is 80.4 Å². The van der Waals surface area contributed by atoms with Crippen LogP contribution in [0.4, 0.5) is 11.4 Å². The molecule has 0 radical (unpaired) electrons. The summed E-state index contributed by atoms with van der Waals surface area (Å²) < 4.78 is 12.3. The van der Waals surface area contributed by atoms with Crippen LogP contribution in [0.3, 0.4) is 0 Å². The normalized spacial score (nSPS) is 10.4. The maximum atomic E-state index is 12.3. The minimum absolute atomic E-state index is 0.226. The fraction of sp³-hybridized carbons (Fsp3) is 0.0909. The molecule has 0 unspecified atom stereocenters. The van der Waals surface area contributed by atoms with E-state index in [2.05, 4.69) is 42.5 Å². The number of ether oxygens (including phenoxy) is 2. The first kappa shape index (κ1) is 24.4. The number of halogens is 4. The van der Waals surface area contributed by atoms with Crippen molar-refractivity contribution in [1.82, 2.24) is 0 Å². The molecule has 32 heavy (non-hydrogen) atoms. The van der Waals surface area contributed by atoms with E-state index in [9.17, 15) is 9.59 Å². The van der Waals surface area contributed by atoms with Crippen molar-refractivity contribution in [2.45, 2.75) is 0 Å². The van der Waals surface area contributed by atoms with E-state index in [1.165, 1.54) is 0 Å². The summed E-state index contributed by atoms with van der Waals surface area (Å²) in [4.78, 5) is 24.7. The first-order valence-corrected chi connectivity index (χ1v) is 11.5. The standard InChI is InChI=1S/C22H16Br2Cl2N2O4/c23-15-9-13(25)5-7-19(15)31-11-21(29)27-17-3-1-2-4-18(17)28-22(30)12-32-20-8-6-14(26)10-16(20)24/h1-10H,11-12H2,(H,27,29)(H,28,30). The maximum Gasteiger partial charge on any atom is 0.262 e. The zero-order chi connectivity index (χ0) is 23.1. The molecule has 0 spiro atoms. The SMILES string of the molecule is O=C(COc1ccc(Cl)cc1Br)Nc1ccccc1NC(=O)COc1ccc(Cl)cc1Br. The van der Waals surface area contributed by atoms with Crippen molar-refractivity contribution in [1.29, 1.82) is 0 Å². The molecule has 0 saturated carbocycles. The van der Waals surface area contributed by atoms with Crippen LogP contribution in [-0.4, -0.2) is 25.0 Å². The fourth-order valence-corrected chi connectivity index (χ4v) is 4.14. The number of anilines is 2. The third-order valence-electron chi connectivity index (χ3n) is 3.98. The predicted molar refractivity (Wildman–Crippen MR) is 133 cm³/mol. The van der Waals surface area contributed by atoms with Gasteiger partial charge in [0.1, 0.15) is 11.5 Å². The lowest BCUT2D eigenvalue weighted by atomic mass is 10.2. The van der Waals surface area contributed by atoms with Crippen LogP contribution in [0.25, 0.3) is 0 Å². The summed E-state index contributed by atoms with van der Waals surface area (Å²) >= 11 is 18.5. The van der Waals surface area contributed by atoms with Crippen LogP contribution in [0.2, 0.25) is 10.0 Å². The highest BCUT2D eigenvalue weighted by atomic mass is 79.9. The van der Waals surface area contributed by atoms with Gasteiger partial charge in [0.05, 0.1) is 20.3 Å². The van der Waals surface area contributed by atoms with E-state index in [-0.39, 0.29) is 13.2 Å². The number of para-hydroxylation sites is 2. The Labute approximate surface area is 211 Å². The topological polar surface area (TPSA) is 76.7 Å². The largest absolute Gasteiger partial charge is 0.483 e. The Bertz CT molecular complexity index is 1060. The monoisotopic (exact) mass is 600 g/mol. The highest BCUT2D eigenvalue weighted by Crippen LogP contribution is 2.29. The molecule has 0 aromatic heterocycles. The lowest BCUT2D eigenvalue weighted by Gasteiger charge is -2.14. The molecular weight excluding hydrogens is 587 g/mol. The highest BCUT2D eigenvalue weighted by molar-refractivity contribution is 9.10. The van der Waals surface area contributed by atoms with Gasteiger partial charge in [-0.1, -0.05) is 35.3 Å². The van der Waals surface area contributed by atoms with Gasteiger partial charge in [0.25, 0.3) is 11.8 Å². The number of carbonyl (C=O) groups excluding carboxylic acids is 2. The number of amides is 2. The Hall–Kier alpha value is -2.26. The van der Waals surface area contributed by atoms with Crippen LogP contribution in [-0.2, 0) is 9.59 Å². The van der Waals surface area contributed by atoms with Gasteiger partial charge in [0.15, 0.2) is 13.2 Å². The predicted octanol–water partition coefficient (Wildman–Crippen LogP) is 6.55. The fourth-order valence-electron chi connectivity index (χ4n) is 2.54. The van der Waals surface area contributed by atoms with Crippen LogP contribution >= 0.6 is 55.1 Å². The van der Waals surface area contributed by atoms with Gasteiger partial charge in [-0.2, -0.15) is 0 Å². The van der Waals surface area contributed by atoms with E-state index in [0.717, 1.165) is 0 Å². The molecule has 2 amide bonds. The van der Waals surface area contributed by atoms with Crippen LogP contribution in [0.1, 0.15) is 0 Å². The molecule has 0 saturated heterocycles. The van der Waals surface area contributed by atoms with Crippen molar-refractivity contribution in [2.24, 2.45) is 0 Å². The molecule has 0 aliphatic carbocycles. The molecule has 3 rings (SSSR count). The van der Waals surface area contributed by atoms with Crippen molar-refractivity contribution in [3.8, 4) is 11.5 Å². The van der Waals surface area contributed by atoms with E-state index in [0.29, 0.717) is 41.9 Å². The van der Waals surface area contributed by atoms with Gasteiger partial charge < -0.3 is 20.1 Å². The van der Waals surface area contributed by atoms with Gasteiger partial charge in [-0.15, -0.1) is 0 Å². The van der Waals surface area contributed by atoms with Crippen LogP contribution in [0.15, 0.2) is 69.6 Å². The van der Waals surface area contributed by atoms with Gasteiger partial charge in [-0.3, -0.25) is 9.59 Å². The summed E-state index contributed by atoms with van der Waals surface area (Å²) in [5.74, 6) is 0.179. The quantitative estimate of drug-likeness (QED) is 0.306. The zero-order valence-electron chi connectivity index (χ0n) is 16.3. The van der Waals surface area contributed by atoms with Crippen molar-refractivity contribution in [2.75, 3.05) is 23.8 Å². The summed E-state index contributed by atoms with van der Waals surface area (Å²) in [5, 5.41) is 6.54. The summed E-state index contributed by atoms with van der Waals surface area (Å²) in [6.45, 7) is -0.452. The lowest BCUT2D eigenvalue weighted by molar-refractivity contribution is -0.119. The summed E-state index contributed by atoms with van der Waals surface area (Å²) in [6, 6.07) is 16.8. The van der Waals surface area contributed by atoms with E-state index in [1.807, 2.05) is 0 Å². The molecule has 10 heteroatoms. The molecular formula is C22H16Br2Cl2N2O4. The van der Waals surface area contributed by atoms with Gasteiger partial charge in [-0.25, -0.2) is 0 Å². The Morgan fingerprint density at radius 1 is 0.719 bits per heavy atom. The van der Waals surface area contributed by atoms with Gasteiger partial charge >= 0.3 is 0 Å². The molecule has 0 aliphatic heterocycles. The number of carbonyl (C=O) groups is 2. The average Bonchev–Trinajstić information content (AvgIpc) is 2.74. The molecule has 166 valence electrons. The molecule has 3 aromatic rings. The number of nitrogens with one attached hydrogen (secondary N) is 2. The number of hydrogen-bond donors (Lipinski definition) is 2. The van der Waals surface area contributed by atoms with E-state index in [4.69, 9.17) is 32.7 Å². The van der Waals surface area contributed by atoms with Gasteiger partial charge in [0.2, 0.25) is 0 Å². The Balaban J connectivity index is 1.56. The van der Waals surface area contributed by atoms with Crippen LogP contribution in [0.5, 0.6) is 11.5 Å². The molecule has 6 nitrogen and oxygen atoms in total. The minimum atomic E-state index is -0.394. The second kappa shape index (κ2) is 11.6. The first-order chi connectivity index (χ1) is 15.3. The molecule has 0 bridgehead atoms. The van der Waals surface area contributed by atoms with E-state index >= 15 is 0 Å². The molecule has 2 N–H and O–H groups in total. The molecule has 0 heterocycles. The minimum Gasteiger partial charge on any atom is -0.483 e. The smallest absolute Gasteiger partial charge is 0.262 e. The van der Waals surface area contributed by atoms with Gasteiger partial charge in [0, 0.05) is 10.0 Å². The second-order valence-electron chi connectivity index (χ2n) is 6.37. The third kappa shape index (κ3) is 7.13. The zero-order valence-corrected chi connectivity index (χ0v) is 21.0. The maximum absolute atomic E-state index is 12.3. The van der Waals surface area contributed by atoms with Crippen molar-refractivity contribution in [3.63, 3.8) is 0 Å². The van der Waals surface area contributed by atoms with Crippen LogP contribution < -0.4 is 20.1 Å². The molecule has 0 atom stereocenters. The second-order valence-corrected chi connectivity index (χ2v) is 8.95. The molecule has 0 aliphatic rings. The Kier molecular flexibility index (Phi) is 8.81. The van der Waals surface area contributed by atoms with Crippen molar-refractivity contribution in [3.05, 3.63) is 79.7 Å². The average molecular weight is 603 g/mol. The summed E-state index contributed by atoms with van der Waals surface area (Å²) in [5.41, 5.74) is 0.856. The number of hydrogen-bond acceptors (Lipinski definition) is 4. The van der Waals surface area contributed by atoms with Crippen molar-refractivity contribution < 1.29 is 19.1 Å². The number of rotatable bonds is 8. The van der Waals surface area contributed by atoms with E-state index in [1.54, 1.807) is 60.7 Å². The van der Waals surface area contributed by atoms with Crippen LogP contribution in [0, 0.1) is 0 Å². The highest BCUT2D eigenvalue weighted by Gasteiger charge is 2.12. The Morgan fingerprint density at radius 2 is 1.12 bits per heavy atom. The molecule has 3 aromatic carbocycles. The summed E-state index contributed by atoms with van der Waals surface area (Å²) in [6.07, 6.45) is 0. The lowest BCUT2D eigenvalue weighted by Crippen LogP contribution is -2.23. The third-order valence-corrected chi connectivity index (χ3v) is 5.69. The van der Waals surface area contributed by atoms with E-state index < -0.39 is 11.8 Å². The summed E-state index contributed by atoms with van der Waals surface area (Å²) in [7, 11) is 0. The van der Waals surface area contributed by atoms with Crippen molar-refractivity contribution >= 4 is 78.3 Å². The number of benzene rings is 3. The molecule has 0 fully saturated rings. The first-order valence-electron chi connectivity index (χ1n) is 9.16. The Morgan fingerprint density at radius 3 is 1.50 bits per heavy atom.